The highest BCUT2D eigenvalue weighted by Gasteiger charge is 2.13. The van der Waals surface area contributed by atoms with Gasteiger partial charge >= 0.3 is 0 Å². The fourth-order valence-corrected chi connectivity index (χ4v) is 3.40. The van der Waals surface area contributed by atoms with Gasteiger partial charge in [0.05, 0.1) is 4.90 Å². The number of benzene rings is 2. The van der Waals surface area contributed by atoms with Crippen molar-refractivity contribution in [3.8, 4) is 0 Å². The molecule has 0 saturated heterocycles. The molecule has 2 rings (SSSR count). The predicted molar refractivity (Wildman–Crippen MR) is 99.7 cm³/mol. The van der Waals surface area contributed by atoms with Crippen molar-refractivity contribution in [3.05, 3.63) is 54.1 Å². The number of hydrogen-bond donors (Lipinski definition) is 3. The summed E-state index contributed by atoms with van der Waals surface area (Å²) < 4.78 is 26.5. The molecule has 0 atom stereocenters. The lowest BCUT2D eigenvalue weighted by Gasteiger charge is -2.09. The number of nitrogen functional groups attached to an aromatic ring is 1. The molecular weight excluding hydrogens is 338 g/mol. The average Bonchev–Trinajstić information content (AvgIpc) is 2.60. The van der Waals surface area contributed by atoms with E-state index in [0.29, 0.717) is 30.8 Å². The Morgan fingerprint density at radius 2 is 1.76 bits per heavy atom. The molecule has 0 aliphatic heterocycles. The lowest BCUT2D eigenvalue weighted by Crippen LogP contribution is -2.24. The molecular formula is C18H23N3O3S. The molecule has 7 heteroatoms. The number of carbonyl (C=O) groups is 1. The minimum atomic E-state index is -3.50. The fraction of sp³-hybridized carbons (Fsp3) is 0.278. The van der Waals surface area contributed by atoms with Gasteiger partial charge in [-0.1, -0.05) is 25.1 Å². The van der Waals surface area contributed by atoms with Gasteiger partial charge in [0, 0.05) is 24.3 Å². The van der Waals surface area contributed by atoms with Gasteiger partial charge < -0.3 is 11.1 Å². The molecule has 2 aromatic rings. The predicted octanol–water partition coefficient (Wildman–Crippen LogP) is 2.53. The molecule has 0 fully saturated rings. The van der Waals surface area contributed by atoms with Crippen LogP contribution in [0.25, 0.3) is 0 Å². The molecule has 0 spiro atoms. The third-order valence-electron chi connectivity index (χ3n) is 3.67. The summed E-state index contributed by atoms with van der Waals surface area (Å²) in [7, 11) is -3.50. The second-order valence-corrected chi connectivity index (χ2v) is 7.44. The monoisotopic (exact) mass is 361 g/mol. The summed E-state index contributed by atoms with van der Waals surface area (Å²) >= 11 is 0. The summed E-state index contributed by atoms with van der Waals surface area (Å²) in [5, 5.41) is 2.76. The van der Waals surface area contributed by atoms with Gasteiger partial charge in [0.1, 0.15) is 0 Å². The van der Waals surface area contributed by atoms with E-state index in [1.54, 1.807) is 18.2 Å². The highest BCUT2D eigenvalue weighted by molar-refractivity contribution is 7.89. The van der Waals surface area contributed by atoms with E-state index >= 15 is 0 Å². The van der Waals surface area contributed by atoms with E-state index in [0.717, 1.165) is 12.0 Å². The Kier molecular flexibility index (Phi) is 6.55. The largest absolute Gasteiger partial charge is 0.399 e. The van der Waals surface area contributed by atoms with Gasteiger partial charge in [-0.15, -0.1) is 0 Å². The second kappa shape index (κ2) is 8.64. The van der Waals surface area contributed by atoms with E-state index < -0.39 is 10.0 Å². The van der Waals surface area contributed by atoms with Gasteiger partial charge in [-0.25, -0.2) is 13.1 Å². The molecule has 0 bridgehead atoms. The Morgan fingerprint density at radius 1 is 1.08 bits per heavy atom. The van der Waals surface area contributed by atoms with Crippen LogP contribution in [0.1, 0.15) is 25.3 Å². The topological polar surface area (TPSA) is 101 Å². The van der Waals surface area contributed by atoms with Crippen LogP contribution in [-0.4, -0.2) is 20.9 Å². The Morgan fingerprint density at radius 3 is 2.40 bits per heavy atom. The molecule has 0 aliphatic carbocycles. The lowest BCUT2D eigenvalue weighted by molar-refractivity contribution is -0.116. The number of carbonyl (C=O) groups excluding carboxylic acids is 1. The number of sulfonamides is 1. The molecule has 0 radical (unpaired) electrons. The molecule has 0 heterocycles. The van der Waals surface area contributed by atoms with Gasteiger partial charge in [-0.05, 0) is 48.7 Å². The molecule has 0 saturated carbocycles. The smallest absolute Gasteiger partial charge is 0.240 e. The number of rotatable bonds is 8. The van der Waals surface area contributed by atoms with Crippen molar-refractivity contribution in [3.63, 3.8) is 0 Å². The maximum atomic E-state index is 12.0. The molecule has 0 unspecified atom stereocenters. The van der Waals surface area contributed by atoms with E-state index in [1.165, 1.54) is 12.1 Å². The third kappa shape index (κ3) is 5.58. The molecule has 134 valence electrons. The second-order valence-electron chi connectivity index (χ2n) is 5.67. The average molecular weight is 361 g/mol. The summed E-state index contributed by atoms with van der Waals surface area (Å²) in [5.41, 5.74) is 8.02. The fourth-order valence-electron chi connectivity index (χ4n) is 2.27. The standard InChI is InChI=1S/C18H23N3O3S/c1-2-13-20-25(23,24)16-10-8-15(9-11-16)21-18(22)12-7-14-5-3-4-6-17(14)19/h3-6,8-11,20H,2,7,12-13,19H2,1H3,(H,21,22). The minimum Gasteiger partial charge on any atom is -0.399 e. The lowest BCUT2D eigenvalue weighted by atomic mass is 10.1. The number of anilines is 2. The first-order valence-corrected chi connectivity index (χ1v) is 9.63. The van der Waals surface area contributed by atoms with Gasteiger partial charge in [-0.2, -0.15) is 0 Å². The number of aryl methyl sites for hydroxylation is 1. The van der Waals surface area contributed by atoms with Crippen molar-refractivity contribution in [2.75, 3.05) is 17.6 Å². The maximum absolute atomic E-state index is 12.0. The van der Waals surface area contributed by atoms with Crippen LogP contribution in [0.3, 0.4) is 0 Å². The maximum Gasteiger partial charge on any atom is 0.240 e. The first kappa shape index (κ1) is 19.0. The highest BCUT2D eigenvalue weighted by atomic mass is 32.2. The van der Waals surface area contributed by atoms with Crippen LogP contribution in [0.5, 0.6) is 0 Å². The van der Waals surface area contributed by atoms with Crippen molar-refractivity contribution in [1.82, 2.24) is 4.72 Å². The Hall–Kier alpha value is -2.38. The third-order valence-corrected chi connectivity index (χ3v) is 5.14. The van der Waals surface area contributed by atoms with E-state index in [2.05, 4.69) is 10.0 Å². The van der Waals surface area contributed by atoms with Crippen LogP contribution in [0, 0.1) is 0 Å². The van der Waals surface area contributed by atoms with Crippen LogP contribution in [0.15, 0.2) is 53.4 Å². The van der Waals surface area contributed by atoms with Crippen molar-refractivity contribution in [2.24, 2.45) is 0 Å². The van der Waals surface area contributed by atoms with E-state index in [1.807, 2.05) is 25.1 Å². The van der Waals surface area contributed by atoms with Gasteiger partial charge in [0.15, 0.2) is 0 Å². The molecule has 1 amide bonds. The van der Waals surface area contributed by atoms with Gasteiger partial charge in [0.2, 0.25) is 15.9 Å². The van der Waals surface area contributed by atoms with Gasteiger partial charge in [-0.3, -0.25) is 4.79 Å². The zero-order chi connectivity index (χ0) is 18.3. The molecule has 0 aliphatic rings. The van der Waals surface area contributed by atoms with Crippen LogP contribution < -0.4 is 15.8 Å². The van der Waals surface area contributed by atoms with Gasteiger partial charge in [0.25, 0.3) is 0 Å². The summed E-state index contributed by atoms with van der Waals surface area (Å²) in [6.07, 6.45) is 1.57. The van der Waals surface area contributed by atoms with Crippen LogP contribution in [0.2, 0.25) is 0 Å². The number of nitrogens with one attached hydrogen (secondary N) is 2. The number of nitrogens with two attached hydrogens (primary N) is 1. The molecule has 2 aromatic carbocycles. The van der Waals surface area contributed by atoms with Crippen molar-refractivity contribution >= 4 is 27.3 Å². The quantitative estimate of drug-likeness (QED) is 0.629. The van der Waals surface area contributed by atoms with Crippen LogP contribution >= 0.6 is 0 Å². The zero-order valence-electron chi connectivity index (χ0n) is 14.2. The first-order chi connectivity index (χ1) is 11.9. The van der Waals surface area contributed by atoms with Crippen molar-refractivity contribution in [1.29, 1.82) is 0 Å². The molecule has 25 heavy (non-hydrogen) atoms. The van der Waals surface area contributed by atoms with Crippen LogP contribution in [-0.2, 0) is 21.2 Å². The SMILES string of the molecule is CCCNS(=O)(=O)c1ccc(NC(=O)CCc2ccccc2N)cc1. The zero-order valence-corrected chi connectivity index (χ0v) is 15.0. The van der Waals surface area contributed by atoms with Crippen molar-refractivity contribution < 1.29 is 13.2 Å². The van der Waals surface area contributed by atoms with E-state index in [-0.39, 0.29) is 10.8 Å². The van der Waals surface area contributed by atoms with E-state index in [4.69, 9.17) is 5.73 Å². The Bertz CT molecular complexity index is 818. The van der Waals surface area contributed by atoms with E-state index in [9.17, 15) is 13.2 Å². The number of amides is 1. The summed E-state index contributed by atoms with van der Waals surface area (Å²) in [5.74, 6) is -0.150. The highest BCUT2D eigenvalue weighted by Crippen LogP contribution is 2.16. The molecule has 6 nitrogen and oxygen atoms in total. The molecule has 0 aromatic heterocycles. The normalized spacial score (nSPS) is 11.2. The molecule has 4 N–H and O–H groups in total. The first-order valence-electron chi connectivity index (χ1n) is 8.15. The van der Waals surface area contributed by atoms with Crippen molar-refractivity contribution in [2.45, 2.75) is 31.1 Å². The minimum absolute atomic E-state index is 0.150. The van der Waals surface area contributed by atoms with Crippen LogP contribution in [0.4, 0.5) is 11.4 Å². The number of hydrogen-bond acceptors (Lipinski definition) is 4. The Balaban J connectivity index is 1.92. The number of para-hydroxylation sites is 1. The summed E-state index contributed by atoms with van der Waals surface area (Å²) in [6.45, 7) is 2.29. The Labute approximate surface area is 148 Å². The summed E-state index contributed by atoms with van der Waals surface area (Å²) in [4.78, 5) is 12.2. The summed E-state index contributed by atoms with van der Waals surface area (Å²) in [6, 6.07) is 13.5.